The third-order valence-corrected chi connectivity index (χ3v) is 11.7. The van der Waals surface area contributed by atoms with Crippen LogP contribution in [0.3, 0.4) is 0 Å². The van der Waals surface area contributed by atoms with Gasteiger partial charge in [-0.15, -0.1) is 0 Å². The number of H-pyrrole nitrogens is 1. The van der Waals surface area contributed by atoms with Crippen LogP contribution in [0.2, 0.25) is 0 Å². The van der Waals surface area contributed by atoms with Gasteiger partial charge in [0.2, 0.25) is 5.91 Å². The third-order valence-electron chi connectivity index (χ3n) is 10.4. The summed E-state index contributed by atoms with van der Waals surface area (Å²) in [4.78, 5) is 49.7. The third kappa shape index (κ3) is 7.97. The smallest absolute Gasteiger partial charge is 0.326 e. The van der Waals surface area contributed by atoms with Crippen molar-refractivity contribution >= 4 is 49.5 Å². The van der Waals surface area contributed by atoms with Gasteiger partial charge in [0.1, 0.15) is 6.04 Å². The second-order valence-corrected chi connectivity index (χ2v) is 15.2. The number of imidazole rings is 1. The Morgan fingerprint density at radius 3 is 2.09 bits per heavy atom. The normalized spacial score (nSPS) is 19.6. The maximum atomic E-state index is 14.1. The summed E-state index contributed by atoms with van der Waals surface area (Å²) in [5, 5.41) is 3.11. The molecule has 252 valence electrons. The number of aromatic amines is 1. The number of carbonyl (C=O) groups excluding carboxylic acids is 2. The molecule has 4 heterocycles. The largest absolute Gasteiger partial charge is 0.397 e. The van der Waals surface area contributed by atoms with Crippen molar-refractivity contribution in [2.45, 2.75) is 57.0 Å². The van der Waals surface area contributed by atoms with Crippen molar-refractivity contribution in [2.75, 3.05) is 52.0 Å². The monoisotopic (exact) mass is 769 g/mol. The Labute approximate surface area is 293 Å². The van der Waals surface area contributed by atoms with Crippen LogP contribution >= 0.6 is 31.9 Å². The van der Waals surface area contributed by atoms with Crippen LogP contribution in [-0.2, 0) is 11.2 Å². The molecule has 0 unspecified atom stereocenters. The zero-order valence-corrected chi connectivity index (χ0v) is 30.1. The minimum absolute atomic E-state index is 0.00646. The number of halogens is 2. The molecule has 0 bridgehead atoms. The molecule has 0 aliphatic carbocycles. The number of likely N-dealkylation sites (tertiary alicyclic amines) is 3. The van der Waals surface area contributed by atoms with Gasteiger partial charge in [0, 0.05) is 53.8 Å². The highest BCUT2D eigenvalue weighted by Gasteiger charge is 2.34. The molecule has 1 aromatic heterocycles. The fourth-order valence-corrected chi connectivity index (χ4v) is 8.82. The number of benzene rings is 2. The molecular weight excluding hydrogens is 726 g/mol. The number of nitrogens with two attached hydrogens (primary N) is 1. The van der Waals surface area contributed by atoms with E-state index >= 15 is 0 Å². The maximum absolute atomic E-state index is 14.1. The molecule has 0 spiro atoms. The van der Waals surface area contributed by atoms with Crippen LogP contribution in [0.4, 0.5) is 10.5 Å². The Morgan fingerprint density at radius 1 is 0.894 bits per heavy atom. The Hall–Kier alpha value is -3.09. The molecule has 3 aromatic rings. The van der Waals surface area contributed by atoms with Gasteiger partial charge in [0.25, 0.3) is 0 Å². The van der Waals surface area contributed by atoms with Crippen LogP contribution in [0.15, 0.2) is 62.4 Å². The van der Waals surface area contributed by atoms with Crippen LogP contribution in [0.25, 0.3) is 11.3 Å². The highest BCUT2D eigenvalue weighted by Crippen LogP contribution is 2.33. The van der Waals surface area contributed by atoms with Gasteiger partial charge in [-0.1, -0.05) is 30.3 Å². The summed E-state index contributed by atoms with van der Waals surface area (Å²) in [5.74, 6) is 1.35. The number of rotatable bonds is 7. The molecule has 3 amide bonds. The zero-order chi connectivity index (χ0) is 33.1. The van der Waals surface area contributed by atoms with E-state index in [2.05, 4.69) is 54.1 Å². The van der Waals surface area contributed by atoms with Crippen molar-refractivity contribution in [3.63, 3.8) is 0 Å². The first-order valence-electron chi connectivity index (χ1n) is 16.8. The van der Waals surface area contributed by atoms with E-state index in [1.165, 1.54) is 12.8 Å². The maximum Gasteiger partial charge on any atom is 0.326 e. The standard InChI is InChI=1S/C35H45Br2N7O3/c1-41-13-7-24(8-14-41)25-9-15-42(16-10-25)33(45)30(21-23-19-28(36)32(38)29(37)20-23)39-34(46)43-17-11-27(12-18-43)44-22-31(40-35(44)47)26-5-3-2-4-6-26/h2-6,19-20,22,24-25,27,30H,7-18,21,38H2,1H3,(H,39,46)(H,40,47)/t30-/m0/s1. The Morgan fingerprint density at radius 2 is 1.47 bits per heavy atom. The number of hydrogen-bond donors (Lipinski definition) is 3. The van der Waals surface area contributed by atoms with Crippen LogP contribution in [-0.4, -0.2) is 88.5 Å². The van der Waals surface area contributed by atoms with Gasteiger partial charge in [-0.25, -0.2) is 9.59 Å². The number of nitrogen functional groups attached to an aromatic ring is 1. The molecule has 3 fully saturated rings. The van der Waals surface area contributed by atoms with Crippen molar-refractivity contribution in [1.82, 2.24) is 29.6 Å². The molecule has 12 heteroatoms. The van der Waals surface area contributed by atoms with Crippen LogP contribution in [0.1, 0.15) is 50.1 Å². The lowest BCUT2D eigenvalue weighted by molar-refractivity contribution is -0.135. The molecule has 3 aliphatic heterocycles. The molecule has 3 aliphatic rings. The molecule has 47 heavy (non-hydrogen) atoms. The number of nitrogens with zero attached hydrogens (tertiary/aromatic N) is 4. The van der Waals surface area contributed by atoms with Crippen molar-refractivity contribution < 1.29 is 9.59 Å². The van der Waals surface area contributed by atoms with E-state index in [1.54, 1.807) is 9.47 Å². The number of anilines is 1. The molecule has 4 N–H and O–H groups in total. The van der Waals surface area contributed by atoms with E-state index < -0.39 is 6.04 Å². The summed E-state index contributed by atoms with van der Waals surface area (Å²) in [6.45, 7) is 4.74. The summed E-state index contributed by atoms with van der Waals surface area (Å²) in [5.41, 5.74) is 9.24. The number of amides is 3. The van der Waals surface area contributed by atoms with E-state index in [4.69, 9.17) is 5.73 Å². The molecule has 0 saturated carbocycles. The number of hydrogen-bond acceptors (Lipinski definition) is 5. The first-order chi connectivity index (χ1) is 22.7. The minimum atomic E-state index is -0.705. The molecule has 2 aromatic carbocycles. The minimum Gasteiger partial charge on any atom is -0.397 e. The molecule has 1 atom stereocenters. The van der Waals surface area contributed by atoms with Crippen molar-refractivity contribution in [3.8, 4) is 11.3 Å². The van der Waals surface area contributed by atoms with E-state index in [9.17, 15) is 14.4 Å². The van der Waals surface area contributed by atoms with Crippen molar-refractivity contribution in [3.05, 3.63) is 73.7 Å². The van der Waals surface area contributed by atoms with Crippen LogP contribution in [0.5, 0.6) is 0 Å². The number of aromatic nitrogens is 2. The summed E-state index contributed by atoms with van der Waals surface area (Å²) in [6, 6.07) is 12.7. The summed E-state index contributed by atoms with van der Waals surface area (Å²) in [6.07, 6.45) is 8.03. The lowest BCUT2D eigenvalue weighted by Crippen LogP contribution is -2.55. The van der Waals surface area contributed by atoms with Crippen LogP contribution in [0, 0.1) is 11.8 Å². The number of piperidine rings is 3. The molecule has 3 saturated heterocycles. The second kappa shape index (κ2) is 15.0. The second-order valence-electron chi connectivity index (χ2n) is 13.4. The quantitative estimate of drug-likeness (QED) is 0.275. The fraction of sp³-hybridized carbons (Fsp3) is 0.514. The zero-order valence-electron chi connectivity index (χ0n) is 27.0. The average molecular weight is 772 g/mol. The molecular formula is C35H45Br2N7O3. The van der Waals surface area contributed by atoms with Gasteiger partial charge in [-0.3, -0.25) is 9.36 Å². The highest BCUT2D eigenvalue weighted by molar-refractivity contribution is 9.11. The Balaban J connectivity index is 1.10. The highest BCUT2D eigenvalue weighted by atomic mass is 79.9. The first-order valence-corrected chi connectivity index (χ1v) is 18.4. The van der Waals surface area contributed by atoms with E-state index in [0.29, 0.717) is 44.0 Å². The lowest BCUT2D eigenvalue weighted by Gasteiger charge is -2.40. The molecule has 10 nitrogen and oxygen atoms in total. The number of nitrogens with one attached hydrogen (secondary N) is 2. The van der Waals surface area contributed by atoms with Gasteiger partial charge >= 0.3 is 11.7 Å². The summed E-state index contributed by atoms with van der Waals surface area (Å²) in [7, 11) is 2.19. The van der Waals surface area contributed by atoms with Gasteiger partial charge < -0.3 is 30.7 Å². The van der Waals surface area contributed by atoms with Gasteiger partial charge in [-0.05, 0) is 126 Å². The summed E-state index contributed by atoms with van der Waals surface area (Å²) < 4.78 is 3.25. The fourth-order valence-electron chi connectivity index (χ4n) is 7.53. The number of carbonyl (C=O) groups is 2. The van der Waals surface area contributed by atoms with Crippen molar-refractivity contribution in [1.29, 1.82) is 0 Å². The van der Waals surface area contributed by atoms with Gasteiger partial charge in [-0.2, -0.15) is 0 Å². The van der Waals surface area contributed by atoms with Gasteiger partial charge in [0.05, 0.1) is 11.4 Å². The Kier molecular flexibility index (Phi) is 10.8. The molecule has 0 radical (unpaired) electrons. The number of urea groups is 1. The van der Waals surface area contributed by atoms with Gasteiger partial charge in [0.15, 0.2) is 0 Å². The first kappa shape index (κ1) is 33.8. The van der Waals surface area contributed by atoms with E-state index in [1.807, 2.05) is 53.6 Å². The lowest BCUT2D eigenvalue weighted by atomic mass is 9.79. The predicted octanol–water partition coefficient (Wildman–Crippen LogP) is 5.49. The van der Waals surface area contributed by atoms with Crippen molar-refractivity contribution in [2.24, 2.45) is 11.8 Å². The Bertz CT molecular complexity index is 1580. The SMILES string of the molecule is CN1CCC(C2CCN(C(=O)[C@H](Cc3cc(Br)c(N)c(Br)c3)NC(=O)N3CCC(n4cc(-c5ccccc5)[nH]c4=O)CC3)CC2)CC1. The summed E-state index contributed by atoms with van der Waals surface area (Å²) >= 11 is 7.06. The topological polar surface area (TPSA) is 120 Å². The molecule has 6 rings (SSSR count). The predicted molar refractivity (Wildman–Crippen MR) is 192 cm³/mol. The van der Waals surface area contributed by atoms with E-state index in [-0.39, 0.29) is 23.7 Å². The average Bonchev–Trinajstić information content (AvgIpc) is 3.48. The van der Waals surface area contributed by atoms with E-state index in [0.717, 1.165) is 70.7 Å². The van der Waals surface area contributed by atoms with Crippen LogP contribution < -0.4 is 16.7 Å².